The van der Waals surface area contributed by atoms with E-state index in [0.29, 0.717) is 19.8 Å². The van der Waals surface area contributed by atoms with Gasteiger partial charge < -0.3 is 18.9 Å². The molecule has 0 aliphatic carbocycles. The number of unbranched alkanes of at least 4 members (excludes halogenated alkanes) is 26. The number of quaternary nitrogens is 1. The minimum absolute atomic E-state index is 0.0112. The third-order valence-corrected chi connectivity index (χ3v) is 11.7. The van der Waals surface area contributed by atoms with Crippen LogP contribution < -0.4 is 4.89 Å². The zero-order valence-corrected chi connectivity index (χ0v) is 34.7. The monoisotopic (exact) mass is 733 g/mol. The van der Waals surface area contributed by atoms with Crippen LogP contribution in [0.5, 0.6) is 0 Å². The van der Waals surface area contributed by atoms with Gasteiger partial charge in [0, 0.05) is 26.1 Å². The summed E-state index contributed by atoms with van der Waals surface area (Å²) >= 11 is 0. The lowest BCUT2D eigenvalue weighted by molar-refractivity contribution is -0.897. The fourth-order valence-corrected chi connectivity index (χ4v) is 7.96. The Morgan fingerprint density at radius 1 is 0.520 bits per heavy atom. The molecule has 1 rings (SSSR count). The number of nitrogens with zero attached hydrogens (tertiary/aromatic N) is 1. The van der Waals surface area contributed by atoms with Crippen LogP contribution in [-0.2, 0) is 18.5 Å². The van der Waals surface area contributed by atoms with Crippen LogP contribution in [0.2, 0.25) is 0 Å². The van der Waals surface area contributed by atoms with Gasteiger partial charge in [0.2, 0.25) is 0 Å². The molecule has 50 heavy (non-hydrogen) atoms. The summed E-state index contributed by atoms with van der Waals surface area (Å²) in [5.74, 6) is 0. The second-order valence-corrected chi connectivity index (χ2v) is 17.3. The fraction of sp³-hybridized carbons (Fsp3) is 1.00. The molecule has 0 saturated carbocycles. The third-order valence-electron chi connectivity index (χ3n) is 10.8. The molecule has 1 aliphatic heterocycles. The van der Waals surface area contributed by atoms with Crippen LogP contribution in [0.15, 0.2) is 0 Å². The minimum Gasteiger partial charge on any atom is -0.606 e. The standard InChI is InChI=1S/C42H86NO6P/c1-4-6-8-10-12-14-16-18-20-22-24-26-28-32-37-46-40-42(41-49-50(44,45)48-39-36-43(3)34-30-31-35-43)47-38-33-29-27-25-23-21-19-17-15-13-11-9-7-5-2/h42H,4-41H2,1-3H3/p+1/t42-/m1/s1. The molecule has 2 atom stereocenters. The fourth-order valence-electron chi connectivity index (χ4n) is 7.22. The number of likely N-dealkylation sites (tertiary alicyclic amines) is 1. The summed E-state index contributed by atoms with van der Waals surface area (Å²) in [5, 5.41) is 0. The molecule has 0 amide bonds. The van der Waals surface area contributed by atoms with Crippen molar-refractivity contribution >= 4 is 8.17 Å². The Bertz CT molecular complexity index is 693. The molecule has 1 aliphatic rings. The molecule has 0 aromatic carbocycles. The number of phosphoric ester groups is 1. The number of rotatable bonds is 40. The van der Waals surface area contributed by atoms with Crippen molar-refractivity contribution in [2.24, 2.45) is 0 Å². The maximum Gasteiger partial charge on any atom is 0.377 e. The average Bonchev–Trinajstić information content (AvgIpc) is 3.54. The van der Waals surface area contributed by atoms with Gasteiger partial charge in [-0.15, -0.1) is 0 Å². The van der Waals surface area contributed by atoms with E-state index in [1.54, 1.807) is 0 Å². The Hall–Kier alpha value is 0.150. The summed E-state index contributed by atoms with van der Waals surface area (Å²) < 4.78 is 23.8. The van der Waals surface area contributed by atoms with E-state index in [1.165, 1.54) is 173 Å². The van der Waals surface area contributed by atoms with Crippen LogP contribution in [0.1, 0.15) is 206 Å². The summed E-state index contributed by atoms with van der Waals surface area (Å²) in [6.07, 6.45) is 39.4. The van der Waals surface area contributed by atoms with Gasteiger partial charge >= 0.3 is 8.17 Å². The molecule has 0 spiro atoms. The summed E-state index contributed by atoms with van der Waals surface area (Å²) in [6.45, 7) is 9.44. The Balaban J connectivity index is 2.18. The van der Waals surface area contributed by atoms with Gasteiger partial charge in [0.05, 0.1) is 26.7 Å². The lowest BCUT2D eigenvalue weighted by Gasteiger charge is -2.29. The second-order valence-electron chi connectivity index (χ2n) is 15.9. The highest BCUT2D eigenvalue weighted by Crippen LogP contribution is 2.47. The SMILES string of the molecule is CCCCCCCCCCCCCCCCOC[C@H](CO[P+]([O-])(O)OCC[N+]1(C)CCCC1)OCCCCCCCCCCCCCCCC. The molecule has 1 heterocycles. The lowest BCUT2D eigenvalue weighted by atomic mass is 10.0. The number of hydrogen-bond acceptors (Lipinski definition) is 6. The predicted molar refractivity (Wildman–Crippen MR) is 212 cm³/mol. The van der Waals surface area contributed by atoms with Crippen LogP contribution in [0.4, 0.5) is 0 Å². The number of phosphoric acid groups is 1. The Morgan fingerprint density at radius 3 is 1.32 bits per heavy atom. The minimum atomic E-state index is -4.13. The summed E-state index contributed by atoms with van der Waals surface area (Å²) in [7, 11) is -1.94. The molecular weight excluding hydrogens is 645 g/mol. The van der Waals surface area contributed by atoms with Gasteiger partial charge in [-0.1, -0.05) is 181 Å². The number of ether oxygens (including phenoxy) is 2. The molecule has 1 fully saturated rings. The molecule has 1 saturated heterocycles. The van der Waals surface area contributed by atoms with E-state index in [-0.39, 0.29) is 19.3 Å². The van der Waals surface area contributed by atoms with Crippen LogP contribution in [0.25, 0.3) is 0 Å². The van der Waals surface area contributed by atoms with Gasteiger partial charge in [-0.05, 0) is 12.8 Å². The van der Waals surface area contributed by atoms with Crippen molar-refractivity contribution in [1.29, 1.82) is 0 Å². The van der Waals surface area contributed by atoms with E-state index in [4.69, 9.17) is 18.5 Å². The maximum absolute atomic E-state index is 12.6. The van der Waals surface area contributed by atoms with Crippen molar-refractivity contribution < 1.29 is 32.8 Å². The first-order valence-corrected chi connectivity index (χ1v) is 23.5. The van der Waals surface area contributed by atoms with Crippen LogP contribution >= 0.6 is 8.17 Å². The Morgan fingerprint density at radius 2 is 0.900 bits per heavy atom. The quantitative estimate of drug-likeness (QED) is 0.0384. The molecule has 7 nitrogen and oxygen atoms in total. The Kier molecular flexibility index (Phi) is 33.6. The molecule has 0 bridgehead atoms. The summed E-state index contributed by atoms with van der Waals surface area (Å²) in [6, 6.07) is 0. The Labute approximate surface area is 312 Å². The van der Waals surface area contributed by atoms with E-state index in [0.717, 1.165) is 43.4 Å². The molecule has 0 aromatic rings. The first-order chi connectivity index (χ1) is 24.4. The van der Waals surface area contributed by atoms with Crippen LogP contribution in [0.3, 0.4) is 0 Å². The second kappa shape index (κ2) is 34.9. The van der Waals surface area contributed by atoms with Gasteiger partial charge in [0.1, 0.15) is 25.9 Å². The number of hydrogen-bond donors (Lipinski definition) is 1. The highest BCUT2D eigenvalue weighted by Gasteiger charge is 2.33. The highest BCUT2D eigenvalue weighted by molar-refractivity contribution is 7.52. The smallest absolute Gasteiger partial charge is 0.377 e. The predicted octanol–water partition coefficient (Wildman–Crippen LogP) is 11.7. The topological polar surface area (TPSA) is 80.2 Å². The highest BCUT2D eigenvalue weighted by atomic mass is 31.2. The third kappa shape index (κ3) is 31.7. The normalized spacial score (nSPS) is 16.3. The van der Waals surface area contributed by atoms with Crippen molar-refractivity contribution in [2.45, 2.75) is 213 Å². The lowest BCUT2D eigenvalue weighted by Crippen LogP contribution is -2.43. The van der Waals surface area contributed by atoms with Crippen molar-refractivity contribution in [2.75, 3.05) is 59.7 Å². The van der Waals surface area contributed by atoms with E-state index in [9.17, 15) is 9.79 Å². The average molecular weight is 733 g/mol. The van der Waals surface area contributed by atoms with Crippen molar-refractivity contribution in [3.63, 3.8) is 0 Å². The van der Waals surface area contributed by atoms with Gasteiger partial charge in [0.25, 0.3) is 0 Å². The molecule has 0 radical (unpaired) electrons. The van der Waals surface area contributed by atoms with E-state index in [2.05, 4.69) is 20.9 Å². The van der Waals surface area contributed by atoms with Crippen molar-refractivity contribution in [1.82, 2.24) is 0 Å². The zero-order valence-electron chi connectivity index (χ0n) is 33.8. The maximum atomic E-state index is 12.6. The van der Waals surface area contributed by atoms with Gasteiger partial charge in [-0.25, -0.2) is 0 Å². The van der Waals surface area contributed by atoms with E-state index < -0.39 is 8.17 Å². The van der Waals surface area contributed by atoms with Gasteiger partial charge in [0.15, 0.2) is 0 Å². The number of likely N-dealkylation sites (N-methyl/N-ethyl adjacent to an activating group) is 1. The largest absolute Gasteiger partial charge is 0.606 e. The van der Waals surface area contributed by atoms with E-state index in [1.807, 2.05) is 0 Å². The first kappa shape index (κ1) is 48.2. The summed E-state index contributed by atoms with van der Waals surface area (Å²) in [5.41, 5.74) is 0. The van der Waals surface area contributed by atoms with E-state index >= 15 is 0 Å². The van der Waals surface area contributed by atoms with Gasteiger partial charge in [-0.2, -0.15) is 13.9 Å². The first-order valence-electron chi connectivity index (χ1n) is 22.1. The van der Waals surface area contributed by atoms with Crippen molar-refractivity contribution in [3.8, 4) is 0 Å². The van der Waals surface area contributed by atoms with Gasteiger partial charge in [-0.3, -0.25) is 0 Å². The molecule has 300 valence electrons. The summed E-state index contributed by atoms with van der Waals surface area (Å²) in [4.78, 5) is 23.0. The van der Waals surface area contributed by atoms with Crippen molar-refractivity contribution in [3.05, 3.63) is 0 Å². The molecule has 1 N–H and O–H groups in total. The van der Waals surface area contributed by atoms with Crippen LogP contribution in [0, 0.1) is 0 Å². The van der Waals surface area contributed by atoms with Crippen LogP contribution in [-0.4, -0.2) is 75.2 Å². The molecule has 1 unspecified atom stereocenters. The molecular formula is C42H87NO6P+. The molecule has 0 aromatic heterocycles. The molecule has 8 heteroatoms. The zero-order chi connectivity index (χ0) is 36.3.